The largest absolute Gasteiger partial charge is 0.423 e. The van der Waals surface area contributed by atoms with Gasteiger partial charge in [0.2, 0.25) is 8.87 Å². The number of ether oxygens (including phenoxy) is 1. The number of nitrogens with zero attached hydrogens (tertiary/aromatic N) is 1. The van der Waals surface area contributed by atoms with Crippen LogP contribution < -0.4 is 4.74 Å². The van der Waals surface area contributed by atoms with Crippen molar-refractivity contribution in [2.45, 2.75) is 39.0 Å². The monoisotopic (exact) mass is 577 g/mol. The Kier molecular flexibility index (Phi) is 10.7. The van der Waals surface area contributed by atoms with Crippen LogP contribution in [0, 0.1) is 18.7 Å². The van der Waals surface area contributed by atoms with Crippen LogP contribution in [0.25, 0.3) is 0 Å². The number of rotatable bonds is 12. The topological polar surface area (TPSA) is 135 Å². The number of hydrogen-bond acceptors (Lipinski definition) is 7. The van der Waals surface area contributed by atoms with Crippen LogP contribution in [0.5, 0.6) is 5.75 Å². The van der Waals surface area contributed by atoms with Crippen molar-refractivity contribution in [3.05, 3.63) is 59.4 Å². The molecule has 0 spiro atoms. The Morgan fingerprint density at radius 3 is 2.22 bits per heavy atom. The molecule has 2 aromatic carbocycles. The quantitative estimate of drug-likeness (QED) is 0.128. The SMILES string of the molecule is CC[SH](CN(CCCS(=O)(=O)O)C(=O)c1ccc(OC(=O)C(C)C)c(F)c1)S(=O)(=O)c1ccc(C)cc1. The molecule has 2 aromatic rings. The van der Waals surface area contributed by atoms with Gasteiger partial charge in [-0.3, -0.25) is 14.1 Å². The van der Waals surface area contributed by atoms with Gasteiger partial charge in [-0.25, -0.2) is 12.8 Å². The predicted octanol–water partition coefficient (Wildman–Crippen LogP) is 3.78. The van der Waals surface area contributed by atoms with Crippen LogP contribution in [0.2, 0.25) is 0 Å². The summed E-state index contributed by atoms with van der Waals surface area (Å²) in [7, 11) is -9.93. The number of amides is 1. The van der Waals surface area contributed by atoms with E-state index >= 15 is 0 Å². The third-order valence-corrected chi connectivity index (χ3v) is 12.8. The van der Waals surface area contributed by atoms with E-state index in [0.717, 1.165) is 22.6 Å². The number of halogens is 1. The Labute approximate surface area is 219 Å². The first-order valence-electron chi connectivity index (χ1n) is 11.5. The molecule has 0 aliphatic carbocycles. The molecule has 0 aliphatic rings. The average Bonchev–Trinajstić information content (AvgIpc) is 2.81. The van der Waals surface area contributed by atoms with Crippen molar-refractivity contribution in [2.75, 3.05) is 23.9 Å². The van der Waals surface area contributed by atoms with E-state index in [9.17, 15) is 30.8 Å². The second-order valence-electron chi connectivity index (χ2n) is 8.66. The molecule has 1 amide bonds. The van der Waals surface area contributed by atoms with Crippen molar-refractivity contribution < 1.29 is 40.1 Å². The number of carbonyl (C=O) groups excluding carboxylic acids is 2. The third kappa shape index (κ3) is 8.80. The fraction of sp³-hybridized carbons (Fsp3) is 0.417. The maximum absolute atomic E-state index is 14.6. The van der Waals surface area contributed by atoms with Gasteiger partial charge in [-0.05, 0) is 49.4 Å². The highest BCUT2D eigenvalue weighted by molar-refractivity contribution is 8.81. The number of esters is 1. The van der Waals surface area contributed by atoms with E-state index in [4.69, 9.17) is 9.29 Å². The Morgan fingerprint density at radius 1 is 1.08 bits per heavy atom. The lowest BCUT2D eigenvalue weighted by Crippen LogP contribution is -2.35. The predicted molar refractivity (Wildman–Crippen MR) is 142 cm³/mol. The zero-order valence-electron chi connectivity index (χ0n) is 21.0. The van der Waals surface area contributed by atoms with Crippen LogP contribution in [0.4, 0.5) is 4.39 Å². The molecule has 0 fully saturated rings. The highest BCUT2D eigenvalue weighted by Crippen LogP contribution is 2.39. The standard InChI is InChI=1S/C24H32FNO8S3/c1-5-35(37(32,33)20-10-7-18(4)8-11-20)16-26(13-6-14-36(29,30)31)23(27)19-9-12-22(21(25)15-19)34-24(28)17(2)3/h7-12,15,17,35H,5-6,13-14,16H2,1-4H3,(H,29,30,31). The van der Waals surface area contributed by atoms with Gasteiger partial charge in [0, 0.05) is 12.1 Å². The van der Waals surface area contributed by atoms with Gasteiger partial charge in [0.1, 0.15) is 0 Å². The van der Waals surface area contributed by atoms with E-state index in [2.05, 4.69) is 0 Å². The van der Waals surface area contributed by atoms with Crippen molar-refractivity contribution in [3.63, 3.8) is 0 Å². The number of hydrogen-bond donors (Lipinski definition) is 2. The van der Waals surface area contributed by atoms with Crippen LogP contribution in [-0.2, 0) is 23.8 Å². The smallest absolute Gasteiger partial charge is 0.313 e. The molecule has 2 rings (SSSR count). The molecule has 9 nitrogen and oxygen atoms in total. The molecule has 206 valence electrons. The van der Waals surface area contributed by atoms with Crippen LogP contribution in [0.3, 0.4) is 0 Å². The Morgan fingerprint density at radius 2 is 1.70 bits per heavy atom. The summed E-state index contributed by atoms with van der Waals surface area (Å²) in [6, 6.07) is 9.57. The molecule has 1 unspecified atom stereocenters. The summed E-state index contributed by atoms with van der Waals surface area (Å²) in [4.78, 5) is 26.4. The van der Waals surface area contributed by atoms with Crippen molar-refractivity contribution >= 4 is 40.8 Å². The summed E-state index contributed by atoms with van der Waals surface area (Å²) >= 11 is 0. The highest BCUT2D eigenvalue weighted by atomic mass is 33.2. The molecule has 0 radical (unpaired) electrons. The van der Waals surface area contributed by atoms with Crippen molar-refractivity contribution in [3.8, 4) is 5.75 Å². The van der Waals surface area contributed by atoms with Crippen molar-refractivity contribution in [2.24, 2.45) is 5.92 Å². The van der Waals surface area contributed by atoms with E-state index in [-0.39, 0.29) is 40.8 Å². The van der Waals surface area contributed by atoms with Crippen molar-refractivity contribution in [1.29, 1.82) is 0 Å². The minimum atomic E-state index is -4.31. The van der Waals surface area contributed by atoms with Gasteiger partial charge in [-0.1, -0.05) is 38.5 Å². The molecule has 13 heteroatoms. The second-order valence-corrected chi connectivity index (χ2v) is 16.5. The molecule has 1 atom stereocenters. The second kappa shape index (κ2) is 12.9. The van der Waals surface area contributed by atoms with E-state index in [0.29, 0.717) is 0 Å². The summed E-state index contributed by atoms with van der Waals surface area (Å²) in [6.07, 6.45) is -0.158. The minimum absolute atomic E-state index is 0.110. The molecule has 37 heavy (non-hydrogen) atoms. The molecule has 0 aliphatic heterocycles. The summed E-state index contributed by atoms with van der Waals surface area (Å²) in [5.74, 6) is -3.83. The van der Waals surface area contributed by atoms with Gasteiger partial charge >= 0.3 is 5.97 Å². The van der Waals surface area contributed by atoms with E-state index < -0.39 is 58.3 Å². The highest BCUT2D eigenvalue weighted by Gasteiger charge is 2.28. The summed E-state index contributed by atoms with van der Waals surface area (Å²) < 4.78 is 77.7. The fourth-order valence-electron chi connectivity index (χ4n) is 3.20. The van der Waals surface area contributed by atoms with Crippen molar-refractivity contribution in [1.82, 2.24) is 4.90 Å². The summed E-state index contributed by atoms with van der Waals surface area (Å²) in [6.45, 7) is 6.48. The normalized spacial score (nSPS) is 13.3. The minimum Gasteiger partial charge on any atom is -0.423 e. The van der Waals surface area contributed by atoms with Crippen LogP contribution in [-0.4, -0.2) is 62.1 Å². The lowest BCUT2D eigenvalue weighted by Gasteiger charge is -2.29. The Hall–Kier alpha value is -2.48. The molecule has 0 heterocycles. The van der Waals surface area contributed by atoms with Crippen LogP contribution in [0.15, 0.2) is 47.4 Å². The van der Waals surface area contributed by atoms with Gasteiger partial charge in [0.25, 0.3) is 16.0 Å². The summed E-state index contributed by atoms with van der Waals surface area (Å²) in [5, 5.41) is 0. The molecule has 0 saturated heterocycles. The maximum Gasteiger partial charge on any atom is 0.313 e. The third-order valence-electron chi connectivity index (χ3n) is 5.32. The summed E-state index contributed by atoms with van der Waals surface area (Å²) in [5.41, 5.74) is 0.749. The lowest BCUT2D eigenvalue weighted by molar-refractivity contribution is -0.137. The zero-order valence-corrected chi connectivity index (χ0v) is 23.6. The molecule has 0 saturated carbocycles. The lowest BCUT2D eigenvalue weighted by atomic mass is 10.1. The number of carbonyl (C=O) groups is 2. The van der Waals surface area contributed by atoms with Crippen LogP contribution >= 0.6 is 9.93 Å². The molecule has 1 N–H and O–H groups in total. The molecule has 0 bridgehead atoms. The van der Waals surface area contributed by atoms with Crippen LogP contribution in [0.1, 0.15) is 43.1 Å². The molecular weight excluding hydrogens is 545 g/mol. The Bertz CT molecular complexity index is 1330. The van der Waals surface area contributed by atoms with Gasteiger partial charge in [0.05, 0.1) is 22.4 Å². The number of benzene rings is 2. The van der Waals surface area contributed by atoms with Gasteiger partial charge in [0.15, 0.2) is 11.6 Å². The average molecular weight is 578 g/mol. The van der Waals surface area contributed by atoms with Gasteiger partial charge < -0.3 is 9.64 Å². The first-order valence-corrected chi connectivity index (χ1v) is 16.9. The maximum atomic E-state index is 14.6. The van der Waals surface area contributed by atoms with Gasteiger partial charge in [-0.2, -0.15) is 8.42 Å². The van der Waals surface area contributed by atoms with E-state index in [1.807, 2.05) is 6.92 Å². The molecule has 0 aromatic heterocycles. The fourth-order valence-corrected chi connectivity index (χ4v) is 8.96. The first-order chi connectivity index (χ1) is 17.2. The van der Waals surface area contributed by atoms with E-state index in [1.165, 1.54) is 18.2 Å². The van der Waals surface area contributed by atoms with E-state index in [1.54, 1.807) is 32.9 Å². The Balaban J connectivity index is 2.36. The number of thiol groups is 1. The zero-order chi connectivity index (χ0) is 28.0. The molecular formula is C24H32FNO8S3. The number of aryl methyl sites for hydroxylation is 1. The van der Waals surface area contributed by atoms with Gasteiger partial charge in [-0.15, -0.1) is 9.93 Å². The first kappa shape index (κ1) is 30.7.